The number of ether oxygens (including phenoxy) is 1. The molecule has 7 nitrogen and oxygen atoms in total. The standard InChI is InChI=1S/C23H33N3O4/c1-2-30-20-10-8-18(9-11-20)22(28)24-16-21(27)26-14-12-19(13-15-26)25-23(29)17-6-4-3-5-7-17/h8-11,17,19H,2-7,12-16H2,1H3,(H,24,28)(H,25,29). The molecule has 0 unspecified atom stereocenters. The summed E-state index contributed by atoms with van der Waals surface area (Å²) in [4.78, 5) is 38.9. The third-order valence-electron chi connectivity index (χ3n) is 6.00. The Kier molecular flexibility index (Phi) is 8.11. The van der Waals surface area contributed by atoms with Crippen LogP contribution in [0.1, 0.15) is 62.2 Å². The number of benzene rings is 1. The highest BCUT2D eigenvalue weighted by Crippen LogP contribution is 2.24. The van der Waals surface area contributed by atoms with E-state index in [-0.39, 0.29) is 36.2 Å². The quantitative estimate of drug-likeness (QED) is 0.716. The lowest BCUT2D eigenvalue weighted by Crippen LogP contribution is -2.50. The first kappa shape index (κ1) is 22.1. The first-order valence-corrected chi connectivity index (χ1v) is 11.2. The summed E-state index contributed by atoms with van der Waals surface area (Å²) >= 11 is 0. The molecule has 1 saturated carbocycles. The minimum absolute atomic E-state index is 0.0227. The van der Waals surface area contributed by atoms with Gasteiger partial charge in [0.25, 0.3) is 5.91 Å². The fraction of sp³-hybridized carbons (Fsp3) is 0.609. The number of piperidine rings is 1. The van der Waals surface area contributed by atoms with E-state index in [1.54, 1.807) is 29.2 Å². The van der Waals surface area contributed by atoms with Gasteiger partial charge in [-0.2, -0.15) is 0 Å². The summed E-state index contributed by atoms with van der Waals surface area (Å²) < 4.78 is 5.37. The van der Waals surface area contributed by atoms with Gasteiger partial charge in [-0.15, -0.1) is 0 Å². The van der Waals surface area contributed by atoms with Crippen LogP contribution in [0.25, 0.3) is 0 Å². The van der Waals surface area contributed by atoms with Gasteiger partial charge in [0.05, 0.1) is 13.2 Å². The van der Waals surface area contributed by atoms with E-state index in [0.717, 1.165) is 38.5 Å². The molecule has 2 aliphatic rings. The summed E-state index contributed by atoms with van der Waals surface area (Å²) in [7, 11) is 0. The van der Waals surface area contributed by atoms with Gasteiger partial charge in [-0.1, -0.05) is 19.3 Å². The predicted molar refractivity (Wildman–Crippen MR) is 114 cm³/mol. The van der Waals surface area contributed by atoms with Crippen LogP contribution in [0, 0.1) is 5.92 Å². The van der Waals surface area contributed by atoms with Crippen molar-refractivity contribution in [1.29, 1.82) is 0 Å². The van der Waals surface area contributed by atoms with Gasteiger partial charge in [0.15, 0.2) is 0 Å². The fourth-order valence-electron chi connectivity index (χ4n) is 4.20. The van der Waals surface area contributed by atoms with Crippen molar-refractivity contribution in [3.8, 4) is 5.75 Å². The maximum Gasteiger partial charge on any atom is 0.251 e. The van der Waals surface area contributed by atoms with Crippen LogP contribution in [0.3, 0.4) is 0 Å². The van der Waals surface area contributed by atoms with Gasteiger partial charge in [-0.3, -0.25) is 14.4 Å². The molecule has 2 fully saturated rings. The van der Waals surface area contributed by atoms with Crippen LogP contribution < -0.4 is 15.4 Å². The SMILES string of the molecule is CCOc1ccc(C(=O)NCC(=O)N2CCC(NC(=O)C3CCCCC3)CC2)cc1. The van der Waals surface area contributed by atoms with Crippen LogP contribution in [-0.2, 0) is 9.59 Å². The Morgan fingerprint density at radius 3 is 2.30 bits per heavy atom. The number of nitrogens with one attached hydrogen (secondary N) is 2. The minimum atomic E-state index is -0.277. The van der Waals surface area contributed by atoms with Crippen molar-refractivity contribution in [2.75, 3.05) is 26.2 Å². The van der Waals surface area contributed by atoms with E-state index < -0.39 is 0 Å². The Labute approximate surface area is 178 Å². The largest absolute Gasteiger partial charge is 0.494 e. The summed E-state index contributed by atoms with van der Waals surface area (Å²) in [5, 5.41) is 5.87. The molecule has 3 rings (SSSR count). The van der Waals surface area contributed by atoms with Crippen LogP contribution >= 0.6 is 0 Å². The van der Waals surface area contributed by atoms with Gasteiger partial charge < -0.3 is 20.3 Å². The summed E-state index contributed by atoms with van der Waals surface area (Å²) in [5.74, 6) is 0.689. The van der Waals surface area contributed by atoms with Gasteiger partial charge in [0, 0.05) is 30.6 Å². The highest BCUT2D eigenvalue weighted by molar-refractivity contribution is 5.96. The highest BCUT2D eigenvalue weighted by Gasteiger charge is 2.27. The number of nitrogens with zero attached hydrogens (tertiary/aromatic N) is 1. The molecule has 0 atom stereocenters. The monoisotopic (exact) mass is 415 g/mol. The fourth-order valence-corrected chi connectivity index (χ4v) is 4.20. The first-order valence-electron chi connectivity index (χ1n) is 11.2. The summed E-state index contributed by atoms with van der Waals surface area (Å²) in [6, 6.07) is 7.00. The number of amides is 3. The molecule has 1 aromatic rings. The first-order chi connectivity index (χ1) is 14.6. The zero-order valence-electron chi connectivity index (χ0n) is 17.8. The van der Waals surface area contributed by atoms with Crippen LogP contribution in [0.5, 0.6) is 5.75 Å². The van der Waals surface area contributed by atoms with Crippen LogP contribution in [0.2, 0.25) is 0 Å². The molecule has 2 N–H and O–H groups in total. The molecule has 0 spiro atoms. The van der Waals surface area contributed by atoms with Crippen molar-refractivity contribution in [1.82, 2.24) is 15.5 Å². The molecule has 0 aromatic heterocycles. The van der Waals surface area contributed by atoms with E-state index in [2.05, 4.69) is 10.6 Å². The molecule has 1 saturated heterocycles. The van der Waals surface area contributed by atoms with Gasteiger partial charge in [0.1, 0.15) is 5.75 Å². The average molecular weight is 416 g/mol. The second kappa shape index (κ2) is 11.0. The van der Waals surface area contributed by atoms with Crippen LogP contribution in [0.15, 0.2) is 24.3 Å². The van der Waals surface area contributed by atoms with Crippen LogP contribution in [0.4, 0.5) is 0 Å². The zero-order valence-corrected chi connectivity index (χ0v) is 17.8. The Balaban J connectivity index is 1.37. The van der Waals surface area contributed by atoms with E-state index in [9.17, 15) is 14.4 Å². The van der Waals surface area contributed by atoms with Gasteiger partial charge in [-0.05, 0) is 56.9 Å². The molecule has 1 aliphatic heterocycles. The normalized spacial score (nSPS) is 18.0. The van der Waals surface area contributed by atoms with Gasteiger partial charge in [0.2, 0.25) is 11.8 Å². The summed E-state index contributed by atoms with van der Waals surface area (Å²) in [5.41, 5.74) is 0.496. The molecule has 0 bridgehead atoms. The molecule has 1 aliphatic carbocycles. The smallest absolute Gasteiger partial charge is 0.251 e. The van der Waals surface area contributed by atoms with Gasteiger partial charge >= 0.3 is 0 Å². The van der Waals surface area contributed by atoms with Crippen molar-refractivity contribution in [2.45, 2.75) is 57.9 Å². The second-order valence-electron chi connectivity index (χ2n) is 8.14. The Morgan fingerprint density at radius 1 is 1.00 bits per heavy atom. The topological polar surface area (TPSA) is 87.7 Å². The third-order valence-corrected chi connectivity index (χ3v) is 6.00. The Bertz CT molecular complexity index is 720. The molecular weight excluding hydrogens is 382 g/mol. The lowest BCUT2D eigenvalue weighted by atomic mass is 9.88. The maximum absolute atomic E-state index is 12.5. The molecule has 7 heteroatoms. The molecular formula is C23H33N3O4. The Morgan fingerprint density at radius 2 is 1.67 bits per heavy atom. The summed E-state index contributed by atoms with van der Waals surface area (Å²) in [6.45, 7) is 3.66. The summed E-state index contributed by atoms with van der Waals surface area (Å²) in [6.07, 6.45) is 7.04. The van der Waals surface area contributed by atoms with Crippen LogP contribution in [-0.4, -0.2) is 54.9 Å². The number of carbonyl (C=O) groups is 3. The number of likely N-dealkylation sites (tertiary alicyclic amines) is 1. The zero-order chi connectivity index (χ0) is 21.3. The van der Waals surface area contributed by atoms with E-state index >= 15 is 0 Å². The molecule has 1 aromatic carbocycles. The van der Waals surface area contributed by atoms with E-state index in [1.807, 2.05) is 6.92 Å². The van der Waals surface area contributed by atoms with Crippen molar-refractivity contribution >= 4 is 17.7 Å². The molecule has 1 heterocycles. The Hall–Kier alpha value is -2.57. The van der Waals surface area contributed by atoms with Crippen molar-refractivity contribution in [3.05, 3.63) is 29.8 Å². The highest BCUT2D eigenvalue weighted by atomic mass is 16.5. The molecule has 30 heavy (non-hydrogen) atoms. The maximum atomic E-state index is 12.5. The minimum Gasteiger partial charge on any atom is -0.494 e. The van der Waals surface area contributed by atoms with Gasteiger partial charge in [-0.25, -0.2) is 0 Å². The van der Waals surface area contributed by atoms with E-state index in [1.165, 1.54) is 6.42 Å². The lowest BCUT2D eigenvalue weighted by molar-refractivity contribution is -0.131. The number of rotatable bonds is 7. The molecule has 0 radical (unpaired) electrons. The van der Waals surface area contributed by atoms with Crippen molar-refractivity contribution < 1.29 is 19.1 Å². The van der Waals surface area contributed by atoms with E-state index in [0.29, 0.717) is 31.0 Å². The molecule has 164 valence electrons. The lowest BCUT2D eigenvalue weighted by Gasteiger charge is -2.33. The predicted octanol–water partition coefficient (Wildman–Crippen LogP) is 2.50. The number of carbonyl (C=O) groups excluding carboxylic acids is 3. The number of hydrogen-bond acceptors (Lipinski definition) is 4. The van der Waals surface area contributed by atoms with E-state index in [4.69, 9.17) is 4.74 Å². The molecule has 3 amide bonds. The van der Waals surface area contributed by atoms with Crippen molar-refractivity contribution in [3.63, 3.8) is 0 Å². The third kappa shape index (κ3) is 6.21. The number of hydrogen-bond donors (Lipinski definition) is 2. The van der Waals surface area contributed by atoms with Crippen molar-refractivity contribution in [2.24, 2.45) is 5.92 Å². The average Bonchev–Trinajstić information content (AvgIpc) is 2.79. The second-order valence-corrected chi connectivity index (χ2v) is 8.14.